The predicted octanol–water partition coefficient (Wildman–Crippen LogP) is 7.15. The number of sulfonamides is 1. The zero-order chi connectivity index (χ0) is 28.0. The third kappa shape index (κ3) is 7.24. The minimum absolute atomic E-state index is 0.0569. The summed E-state index contributed by atoms with van der Waals surface area (Å²) in [6.07, 6.45) is 0. The average Bonchev–Trinajstić information content (AvgIpc) is 2.90. The highest BCUT2D eigenvalue weighted by Crippen LogP contribution is 2.34. The number of carboxylic acid groups (broad SMARTS) is 1. The van der Waals surface area contributed by atoms with Gasteiger partial charge in [0.25, 0.3) is 10.0 Å². The van der Waals surface area contributed by atoms with Crippen LogP contribution in [0.5, 0.6) is 11.5 Å². The van der Waals surface area contributed by atoms with Gasteiger partial charge in [-0.3, -0.25) is 4.72 Å². The van der Waals surface area contributed by atoms with Crippen molar-refractivity contribution in [3.8, 4) is 11.5 Å². The lowest BCUT2D eigenvalue weighted by atomic mass is 10.1. The van der Waals surface area contributed by atoms with E-state index < -0.39 is 16.0 Å². The van der Waals surface area contributed by atoms with Crippen molar-refractivity contribution in [3.05, 3.63) is 102 Å². The largest absolute Gasteiger partial charge is 0.478 e. The molecule has 202 valence electrons. The summed E-state index contributed by atoms with van der Waals surface area (Å²) in [4.78, 5) is 13.1. The molecule has 8 nitrogen and oxygen atoms in total. The quantitative estimate of drug-likeness (QED) is 0.142. The van der Waals surface area contributed by atoms with E-state index in [1.165, 1.54) is 18.0 Å². The van der Waals surface area contributed by atoms with Crippen molar-refractivity contribution in [1.29, 1.82) is 0 Å². The average molecular weight is 564 g/mol. The predicted molar refractivity (Wildman–Crippen MR) is 157 cm³/mol. The molecule has 0 saturated heterocycles. The molecule has 10 heteroatoms. The molecule has 4 N–H and O–H groups in total. The minimum Gasteiger partial charge on any atom is -0.478 e. The Labute approximate surface area is 232 Å². The first-order chi connectivity index (χ1) is 18.6. The fraction of sp³-hybridized carbons (Fsp3) is 0.138. The standard InChI is InChI=1S/C29H29N3O5S2/c1-4-30-28-18-22(10-16-27(28)32-39(35,36)24-13-7-20(3)8-14-24)37-21-9-15-26(25(17-21)29(33)34)31-38-23-11-5-19(2)6-12-23/h5-18,30-32H,4H2,1-3H3,(H,33,34). The third-order valence-electron chi connectivity index (χ3n) is 5.69. The molecule has 0 atom stereocenters. The van der Waals surface area contributed by atoms with Crippen LogP contribution < -0.4 is 19.5 Å². The van der Waals surface area contributed by atoms with Crippen molar-refractivity contribution in [1.82, 2.24) is 0 Å². The molecule has 0 bridgehead atoms. The first kappa shape index (κ1) is 27.9. The van der Waals surface area contributed by atoms with Crippen LogP contribution >= 0.6 is 11.9 Å². The Hall–Kier alpha value is -4.15. The molecule has 4 rings (SSSR count). The molecule has 0 fully saturated rings. The summed E-state index contributed by atoms with van der Waals surface area (Å²) in [6.45, 7) is 6.33. The van der Waals surface area contributed by atoms with Crippen LogP contribution in [-0.2, 0) is 10.0 Å². The van der Waals surface area contributed by atoms with Gasteiger partial charge in [0, 0.05) is 17.5 Å². The molecule has 0 amide bonds. The van der Waals surface area contributed by atoms with Crippen LogP contribution in [0.3, 0.4) is 0 Å². The number of rotatable bonds is 11. The van der Waals surface area contributed by atoms with Crippen molar-refractivity contribution in [2.45, 2.75) is 30.6 Å². The monoisotopic (exact) mass is 563 g/mol. The maximum Gasteiger partial charge on any atom is 0.337 e. The third-order valence-corrected chi connectivity index (χ3v) is 7.90. The van der Waals surface area contributed by atoms with E-state index in [-0.39, 0.29) is 10.5 Å². The second-order valence-electron chi connectivity index (χ2n) is 8.79. The topological polar surface area (TPSA) is 117 Å². The van der Waals surface area contributed by atoms with E-state index in [0.717, 1.165) is 16.0 Å². The summed E-state index contributed by atoms with van der Waals surface area (Å²) >= 11 is 1.32. The van der Waals surface area contributed by atoms with E-state index in [1.807, 2.05) is 45.0 Å². The van der Waals surface area contributed by atoms with Crippen molar-refractivity contribution in [2.75, 3.05) is 21.3 Å². The number of nitrogens with one attached hydrogen (secondary N) is 3. The van der Waals surface area contributed by atoms with Crippen LogP contribution in [0.15, 0.2) is 94.7 Å². The highest BCUT2D eigenvalue weighted by atomic mass is 32.2. The lowest BCUT2D eigenvalue weighted by Gasteiger charge is -2.16. The Morgan fingerprint density at radius 2 is 1.41 bits per heavy atom. The van der Waals surface area contributed by atoms with Gasteiger partial charge in [-0.1, -0.05) is 35.4 Å². The Bertz CT molecular complexity index is 1570. The molecular weight excluding hydrogens is 534 g/mol. The Kier molecular flexibility index (Phi) is 8.68. The number of hydrogen-bond acceptors (Lipinski definition) is 7. The summed E-state index contributed by atoms with van der Waals surface area (Å²) in [6, 6.07) is 24.1. The van der Waals surface area contributed by atoms with Crippen molar-refractivity contribution in [3.63, 3.8) is 0 Å². The Balaban J connectivity index is 1.53. The Morgan fingerprint density at radius 3 is 2.03 bits per heavy atom. The molecule has 0 aliphatic rings. The lowest BCUT2D eigenvalue weighted by molar-refractivity contribution is 0.0697. The molecular formula is C29H29N3O5S2. The summed E-state index contributed by atoms with van der Waals surface area (Å²) < 4.78 is 37.5. The first-order valence-corrected chi connectivity index (χ1v) is 14.5. The van der Waals surface area contributed by atoms with Crippen LogP contribution in [0.25, 0.3) is 0 Å². The van der Waals surface area contributed by atoms with E-state index >= 15 is 0 Å². The number of aryl methyl sites for hydroxylation is 2. The highest BCUT2D eigenvalue weighted by Gasteiger charge is 2.17. The number of hydrogen-bond donors (Lipinski definition) is 4. The van der Waals surface area contributed by atoms with Crippen molar-refractivity contribution in [2.24, 2.45) is 0 Å². The van der Waals surface area contributed by atoms with Gasteiger partial charge in [0.1, 0.15) is 11.5 Å². The zero-order valence-corrected chi connectivity index (χ0v) is 23.3. The molecule has 0 radical (unpaired) electrons. The van der Waals surface area contributed by atoms with Gasteiger partial charge in [0.05, 0.1) is 27.5 Å². The molecule has 0 aliphatic carbocycles. The number of carbonyl (C=O) groups is 1. The summed E-state index contributed by atoms with van der Waals surface area (Å²) in [5.74, 6) is -0.356. The normalized spacial score (nSPS) is 11.1. The van der Waals surface area contributed by atoms with Crippen LogP contribution in [0.4, 0.5) is 17.1 Å². The van der Waals surface area contributed by atoms with Gasteiger partial charge in [-0.25, -0.2) is 13.2 Å². The van der Waals surface area contributed by atoms with Gasteiger partial charge in [-0.2, -0.15) is 0 Å². The van der Waals surface area contributed by atoms with E-state index in [2.05, 4.69) is 14.8 Å². The molecule has 4 aromatic carbocycles. The molecule has 39 heavy (non-hydrogen) atoms. The molecule has 0 unspecified atom stereocenters. The first-order valence-electron chi connectivity index (χ1n) is 12.2. The van der Waals surface area contributed by atoms with E-state index in [1.54, 1.807) is 54.6 Å². The molecule has 0 aromatic heterocycles. The number of aromatic carboxylic acids is 1. The number of benzene rings is 4. The van der Waals surface area contributed by atoms with Gasteiger partial charge in [-0.15, -0.1) is 0 Å². The number of anilines is 3. The van der Waals surface area contributed by atoms with Crippen LogP contribution in [-0.4, -0.2) is 26.0 Å². The number of carboxylic acids is 1. The lowest BCUT2D eigenvalue weighted by Crippen LogP contribution is -2.14. The molecule has 4 aromatic rings. The van der Waals surface area contributed by atoms with Gasteiger partial charge < -0.3 is 19.9 Å². The molecule has 0 spiro atoms. The van der Waals surface area contributed by atoms with E-state index in [4.69, 9.17) is 4.74 Å². The minimum atomic E-state index is -3.80. The highest BCUT2D eigenvalue weighted by molar-refractivity contribution is 8.00. The van der Waals surface area contributed by atoms with Gasteiger partial charge >= 0.3 is 5.97 Å². The summed E-state index contributed by atoms with van der Waals surface area (Å²) in [7, 11) is -3.80. The van der Waals surface area contributed by atoms with E-state index in [0.29, 0.717) is 35.1 Å². The summed E-state index contributed by atoms with van der Waals surface area (Å²) in [5, 5.41) is 12.9. The maximum absolute atomic E-state index is 12.9. The van der Waals surface area contributed by atoms with E-state index in [9.17, 15) is 18.3 Å². The van der Waals surface area contributed by atoms with Crippen molar-refractivity contribution >= 4 is 45.0 Å². The second-order valence-corrected chi connectivity index (χ2v) is 11.4. The van der Waals surface area contributed by atoms with Crippen molar-refractivity contribution < 1.29 is 23.1 Å². The molecule has 0 aliphatic heterocycles. The second kappa shape index (κ2) is 12.1. The Morgan fingerprint density at radius 1 is 0.821 bits per heavy atom. The van der Waals surface area contributed by atoms with Gasteiger partial charge in [0.2, 0.25) is 0 Å². The van der Waals surface area contributed by atoms with Gasteiger partial charge in [0.15, 0.2) is 0 Å². The van der Waals surface area contributed by atoms with Crippen LogP contribution in [0.1, 0.15) is 28.4 Å². The van der Waals surface area contributed by atoms with Crippen LogP contribution in [0.2, 0.25) is 0 Å². The molecule has 0 saturated carbocycles. The summed E-state index contributed by atoms with van der Waals surface area (Å²) in [5.41, 5.74) is 3.49. The number of ether oxygens (including phenoxy) is 1. The maximum atomic E-state index is 12.9. The fourth-order valence-corrected chi connectivity index (χ4v) is 5.40. The SMILES string of the molecule is CCNc1cc(Oc2ccc(NSc3ccc(C)cc3)c(C(=O)O)c2)ccc1NS(=O)(=O)c1ccc(C)cc1. The van der Waals surface area contributed by atoms with Crippen LogP contribution in [0, 0.1) is 13.8 Å². The zero-order valence-electron chi connectivity index (χ0n) is 21.7. The molecule has 0 heterocycles. The van der Waals surface area contributed by atoms with Gasteiger partial charge in [-0.05, 0) is 87.3 Å². The smallest absolute Gasteiger partial charge is 0.337 e. The fourth-order valence-electron chi connectivity index (χ4n) is 3.64.